The average Bonchev–Trinajstić information content (AvgIpc) is 2.41. The Morgan fingerprint density at radius 1 is 1.20 bits per heavy atom. The second-order valence-electron chi connectivity index (χ2n) is 4.21. The second kappa shape index (κ2) is 5.92. The van der Waals surface area contributed by atoms with E-state index < -0.39 is 5.97 Å². The van der Waals surface area contributed by atoms with Gasteiger partial charge in [0.25, 0.3) is 0 Å². The minimum Gasteiger partial charge on any atom is -0.476 e. The first-order valence-electron chi connectivity index (χ1n) is 5.96. The smallest absolute Gasteiger partial charge is 0.358 e. The minimum atomic E-state index is -1.23. The molecule has 0 bridgehead atoms. The van der Waals surface area contributed by atoms with Crippen LogP contribution in [0.25, 0.3) is 0 Å². The number of anilines is 1. The molecule has 2 rings (SSSR count). The molecule has 1 aromatic carbocycles. The molecule has 0 atom stereocenters. The highest BCUT2D eigenvalue weighted by Gasteiger charge is 2.15. The van der Waals surface area contributed by atoms with Crippen LogP contribution in [0, 0.1) is 6.92 Å². The lowest BCUT2D eigenvalue weighted by Gasteiger charge is -2.08. The van der Waals surface area contributed by atoms with Gasteiger partial charge in [0.1, 0.15) is 0 Å². The van der Waals surface area contributed by atoms with E-state index in [0.29, 0.717) is 0 Å². The van der Waals surface area contributed by atoms with Crippen molar-refractivity contribution in [3.05, 3.63) is 53.5 Å². The first kappa shape index (κ1) is 13.7. The van der Waals surface area contributed by atoms with Crippen molar-refractivity contribution < 1.29 is 14.7 Å². The molecule has 1 amide bonds. The van der Waals surface area contributed by atoms with Gasteiger partial charge in [0.05, 0.1) is 6.42 Å². The molecule has 0 spiro atoms. The Bertz CT molecular complexity index is 656. The zero-order valence-corrected chi connectivity index (χ0v) is 10.8. The predicted octanol–water partition coefficient (Wildman–Crippen LogP) is 1.66. The summed E-state index contributed by atoms with van der Waals surface area (Å²) in [7, 11) is 0. The highest BCUT2D eigenvalue weighted by molar-refractivity contribution is 5.98. The first-order chi connectivity index (χ1) is 9.58. The van der Waals surface area contributed by atoms with Gasteiger partial charge in [0.15, 0.2) is 11.5 Å². The van der Waals surface area contributed by atoms with Crippen LogP contribution in [0.4, 0.5) is 5.82 Å². The molecule has 0 aliphatic heterocycles. The van der Waals surface area contributed by atoms with Crippen molar-refractivity contribution in [3.63, 3.8) is 0 Å². The number of carboxylic acids is 1. The van der Waals surface area contributed by atoms with Gasteiger partial charge in [-0.05, 0) is 18.1 Å². The molecular formula is C14H13N3O3. The number of hydrogen-bond donors (Lipinski definition) is 2. The molecule has 0 radical (unpaired) electrons. The van der Waals surface area contributed by atoms with Crippen molar-refractivity contribution in [2.24, 2.45) is 0 Å². The number of carbonyl (C=O) groups is 2. The highest BCUT2D eigenvalue weighted by atomic mass is 16.4. The monoisotopic (exact) mass is 271 g/mol. The SMILES string of the molecule is Cc1ccccc1CC(=O)Nc1nccnc1C(=O)O. The lowest BCUT2D eigenvalue weighted by Crippen LogP contribution is -2.19. The van der Waals surface area contributed by atoms with Crippen LogP contribution in [0.1, 0.15) is 21.6 Å². The first-order valence-corrected chi connectivity index (χ1v) is 5.96. The van der Waals surface area contributed by atoms with Gasteiger partial charge in [0.2, 0.25) is 5.91 Å². The summed E-state index contributed by atoms with van der Waals surface area (Å²) in [6, 6.07) is 7.50. The molecule has 102 valence electrons. The molecule has 2 N–H and O–H groups in total. The average molecular weight is 271 g/mol. The highest BCUT2D eigenvalue weighted by Crippen LogP contribution is 2.11. The van der Waals surface area contributed by atoms with Crippen LogP contribution < -0.4 is 5.32 Å². The maximum Gasteiger partial charge on any atom is 0.358 e. The van der Waals surface area contributed by atoms with Crippen molar-refractivity contribution in [2.45, 2.75) is 13.3 Å². The summed E-state index contributed by atoms with van der Waals surface area (Å²) in [5.74, 6) is -1.61. The third-order valence-corrected chi connectivity index (χ3v) is 2.77. The lowest BCUT2D eigenvalue weighted by molar-refractivity contribution is -0.115. The number of carbonyl (C=O) groups excluding carboxylic acids is 1. The molecule has 0 unspecified atom stereocenters. The minimum absolute atomic E-state index is 0.0430. The second-order valence-corrected chi connectivity index (χ2v) is 4.21. The Kier molecular flexibility index (Phi) is 4.05. The van der Waals surface area contributed by atoms with E-state index >= 15 is 0 Å². The Labute approximate surface area is 115 Å². The maximum atomic E-state index is 11.9. The standard InChI is InChI=1S/C14H13N3O3/c1-9-4-2-3-5-10(9)8-11(18)17-13-12(14(19)20)15-6-7-16-13/h2-7H,8H2,1H3,(H,19,20)(H,16,17,18). The molecule has 1 heterocycles. The van der Waals surface area contributed by atoms with Gasteiger partial charge in [-0.3, -0.25) is 4.79 Å². The van der Waals surface area contributed by atoms with Crippen molar-refractivity contribution in [1.82, 2.24) is 9.97 Å². The molecule has 2 aromatic rings. The summed E-state index contributed by atoms with van der Waals surface area (Å²) in [6.45, 7) is 1.91. The van der Waals surface area contributed by atoms with Crippen LogP contribution in [0.3, 0.4) is 0 Å². The Morgan fingerprint density at radius 2 is 1.90 bits per heavy atom. The normalized spacial score (nSPS) is 10.1. The number of aryl methyl sites for hydroxylation is 1. The van der Waals surface area contributed by atoms with Crippen LogP contribution in [0.15, 0.2) is 36.7 Å². The van der Waals surface area contributed by atoms with E-state index in [1.165, 1.54) is 12.4 Å². The summed E-state index contributed by atoms with van der Waals surface area (Å²) in [6.07, 6.45) is 2.75. The summed E-state index contributed by atoms with van der Waals surface area (Å²) >= 11 is 0. The number of aromatic nitrogens is 2. The largest absolute Gasteiger partial charge is 0.476 e. The summed E-state index contributed by atoms with van der Waals surface area (Å²) in [5, 5.41) is 11.4. The van der Waals surface area contributed by atoms with Crippen molar-refractivity contribution in [2.75, 3.05) is 5.32 Å². The van der Waals surface area contributed by atoms with E-state index in [0.717, 1.165) is 11.1 Å². The zero-order valence-electron chi connectivity index (χ0n) is 10.8. The fourth-order valence-electron chi connectivity index (χ4n) is 1.74. The van der Waals surface area contributed by atoms with Gasteiger partial charge in [-0.25, -0.2) is 14.8 Å². The van der Waals surface area contributed by atoms with Gasteiger partial charge < -0.3 is 10.4 Å². The summed E-state index contributed by atoms with van der Waals surface area (Å²) in [5.41, 5.74) is 1.61. The van der Waals surface area contributed by atoms with Crippen molar-refractivity contribution >= 4 is 17.7 Å². The summed E-state index contributed by atoms with van der Waals surface area (Å²) in [4.78, 5) is 30.4. The van der Waals surface area contributed by atoms with Crippen LogP contribution >= 0.6 is 0 Å². The van der Waals surface area contributed by atoms with Crippen LogP contribution in [0.5, 0.6) is 0 Å². The zero-order chi connectivity index (χ0) is 14.5. The molecule has 20 heavy (non-hydrogen) atoms. The molecule has 6 nitrogen and oxygen atoms in total. The number of amides is 1. The number of aromatic carboxylic acids is 1. The van der Waals surface area contributed by atoms with E-state index in [9.17, 15) is 9.59 Å². The molecular weight excluding hydrogens is 258 g/mol. The van der Waals surface area contributed by atoms with E-state index in [1.54, 1.807) is 0 Å². The fraction of sp³-hybridized carbons (Fsp3) is 0.143. The number of benzene rings is 1. The molecule has 0 aliphatic rings. The lowest BCUT2D eigenvalue weighted by atomic mass is 10.1. The van der Waals surface area contributed by atoms with E-state index in [2.05, 4.69) is 15.3 Å². The van der Waals surface area contributed by atoms with E-state index in [-0.39, 0.29) is 23.8 Å². The van der Waals surface area contributed by atoms with Gasteiger partial charge in [-0.2, -0.15) is 0 Å². The Balaban J connectivity index is 2.13. The molecule has 6 heteroatoms. The van der Waals surface area contributed by atoms with Gasteiger partial charge in [-0.15, -0.1) is 0 Å². The molecule has 0 fully saturated rings. The quantitative estimate of drug-likeness (QED) is 0.882. The molecule has 1 aromatic heterocycles. The number of carboxylic acid groups (broad SMARTS) is 1. The summed E-state index contributed by atoms with van der Waals surface area (Å²) < 4.78 is 0. The van der Waals surface area contributed by atoms with Gasteiger partial charge in [0, 0.05) is 12.4 Å². The van der Waals surface area contributed by atoms with Crippen LogP contribution in [0.2, 0.25) is 0 Å². The molecule has 0 saturated carbocycles. The third-order valence-electron chi connectivity index (χ3n) is 2.77. The molecule has 0 saturated heterocycles. The molecule has 0 aliphatic carbocycles. The fourth-order valence-corrected chi connectivity index (χ4v) is 1.74. The number of nitrogens with one attached hydrogen (secondary N) is 1. The Morgan fingerprint density at radius 3 is 2.60 bits per heavy atom. The maximum absolute atomic E-state index is 11.9. The Hall–Kier alpha value is -2.76. The topological polar surface area (TPSA) is 92.2 Å². The van der Waals surface area contributed by atoms with Crippen LogP contribution in [-0.4, -0.2) is 27.0 Å². The van der Waals surface area contributed by atoms with Gasteiger partial charge in [-0.1, -0.05) is 24.3 Å². The van der Waals surface area contributed by atoms with E-state index in [4.69, 9.17) is 5.11 Å². The predicted molar refractivity (Wildman–Crippen MR) is 72.5 cm³/mol. The number of hydrogen-bond acceptors (Lipinski definition) is 4. The van der Waals surface area contributed by atoms with Crippen molar-refractivity contribution in [3.8, 4) is 0 Å². The van der Waals surface area contributed by atoms with E-state index in [1.807, 2.05) is 31.2 Å². The van der Waals surface area contributed by atoms with Crippen LogP contribution in [-0.2, 0) is 11.2 Å². The number of rotatable bonds is 4. The van der Waals surface area contributed by atoms with Gasteiger partial charge >= 0.3 is 5.97 Å². The van der Waals surface area contributed by atoms with Crippen molar-refractivity contribution in [1.29, 1.82) is 0 Å². The number of nitrogens with zero attached hydrogens (tertiary/aromatic N) is 2. The third kappa shape index (κ3) is 3.17.